The topological polar surface area (TPSA) is 54.2 Å². The minimum absolute atomic E-state index is 0.385. The van der Waals surface area contributed by atoms with Crippen LogP contribution in [0.4, 0.5) is 0 Å². The lowest BCUT2D eigenvalue weighted by Crippen LogP contribution is -2.28. The van der Waals surface area contributed by atoms with Crippen LogP contribution in [0.1, 0.15) is 45.8 Å². The summed E-state index contributed by atoms with van der Waals surface area (Å²) in [6.45, 7) is 12.8. The highest BCUT2D eigenvalue weighted by molar-refractivity contribution is 4.89. The van der Waals surface area contributed by atoms with Crippen molar-refractivity contribution in [2.45, 2.75) is 53.0 Å². The SMILES string of the molecule is CCCNC(C)Cc1nc(CCN(CC)CC)no1. The number of hydrogen-bond acceptors (Lipinski definition) is 5. The van der Waals surface area contributed by atoms with Gasteiger partial charge in [0, 0.05) is 25.4 Å². The van der Waals surface area contributed by atoms with Crippen LogP contribution in [0, 0.1) is 0 Å². The molecule has 19 heavy (non-hydrogen) atoms. The fourth-order valence-corrected chi connectivity index (χ4v) is 2.00. The van der Waals surface area contributed by atoms with Crippen LogP contribution in [0.2, 0.25) is 0 Å². The first kappa shape index (κ1) is 16.1. The highest BCUT2D eigenvalue weighted by Crippen LogP contribution is 2.03. The second kappa shape index (κ2) is 9.04. The Morgan fingerprint density at radius 2 is 2.00 bits per heavy atom. The van der Waals surface area contributed by atoms with E-state index in [2.05, 4.69) is 48.1 Å². The van der Waals surface area contributed by atoms with E-state index in [-0.39, 0.29) is 0 Å². The number of rotatable bonds is 10. The predicted molar refractivity (Wildman–Crippen MR) is 77.2 cm³/mol. The maximum absolute atomic E-state index is 5.30. The van der Waals surface area contributed by atoms with Crippen molar-refractivity contribution in [3.63, 3.8) is 0 Å². The third-order valence-corrected chi connectivity index (χ3v) is 3.28. The Morgan fingerprint density at radius 3 is 2.63 bits per heavy atom. The molecule has 1 rings (SSSR count). The highest BCUT2D eigenvalue weighted by Gasteiger charge is 2.11. The Balaban J connectivity index is 2.35. The van der Waals surface area contributed by atoms with Crippen LogP contribution in [0.25, 0.3) is 0 Å². The van der Waals surface area contributed by atoms with E-state index in [1.165, 1.54) is 0 Å². The van der Waals surface area contributed by atoms with E-state index >= 15 is 0 Å². The summed E-state index contributed by atoms with van der Waals surface area (Å²) in [4.78, 5) is 6.82. The lowest BCUT2D eigenvalue weighted by Gasteiger charge is -2.16. The van der Waals surface area contributed by atoms with Crippen molar-refractivity contribution in [2.24, 2.45) is 0 Å². The summed E-state index contributed by atoms with van der Waals surface area (Å²) in [5.74, 6) is 1.57. The number of hydrogen-bond donors (Lipinski definition) is 1. The Bertz CT molecular complexity index is 336. The van der Waals surface area contributed by atoms with Gasteiger partial charge in [0.1, 0.15) is 0 Å². The van der Waals surface area contributed by atoms with Gasteiger partial charge in [-0.3, -0.25) is 0 Å². The Labute approximate surface area is 116 Å². The zero-order chi connectivity index (χ0) is 14.1. The van der Waals surface area contributed by atoms with Crippen LogP contribution in [-0.4, -0.2) is 47.3 Å². The number of nitrogens with one attached hydrogen (secondary N) is 1. The van der Waals surface area contributed by atoms with Crippen LogP contribution in [0.5, 0.6) is 0 Å². The Morgan fingerprint density at radius 1 is 1.26 bits per heavy atom. The van der Waals surface area contributed by atoms with Gasteiger partial charge >= 0.3 is 0 Å². The van der Waals surface area contributed by atoms with Gasteiger partial charge in [-0.05, 0) is 33.0 Å². The van der Waals surface area contributed by atoms with Gasteiger partial charge in [0.15, 0.2) is 5.82 Å². The van der Waals surface area contributed by atoms with Gasteiger partial charge in [-0.15, -0.1) is 0 Å². The van der Waals surface area contributed by atoms with E-state index in [9.17, 15) is 0 Å². The van der Waals surface area contributed by atoms with E-state index in [1.54, 1.807) is 0 Å². The summed E-state index contributed by atoms with van der Waals surface area (Å²) in [5, 5.41) is 7.47. The summed E-state index contributed by atoms with van der Waals surface area (Å²) in [6, 6.07) is 0.385. The molecule has 1 unspecified atom stereocenters. The van der Waals surface area contributed by atoms with E-state index in [1.807, 2.05) is 0 Å². The maximum atomic E-state index is 5.30. The molecule has 0 fully saturated rings. The monoisotopic (exact) mass is 268 g/mol. The predicted octanol–water partition coefficient (Wildman–Crippen LogP) is 1.88. The van der Waals surface area contributed by atoms with Crippen LogP contribution >= 0.6 is 0 Å². The molecule has 1 N–H and O–H groups in total. The van der Waals surface area contributed by atoms with Gasteiger partial charge in [0.05, 0.1) is 0 Å². The summed E-state index contributed by atoms with van der Waals surface area (Å²) in [5.41, 5.74) is 0. The molecular weight excluding hydrogens is 240 g/mol. The van der Waals surface area contributed by atoms with E-state index in [4.69, 9.17) is 4.52 Å². The van der Waals surface area contributed by atoms with E-state index in [0.717, 1.165) is 57.2 Å². The first-order valence-electron chi connectivity index (χ1n) is 7.46. The zero-order valence-electron chi connectivity index (χ0n) is 12.8. The standard InChI is InChI=1S/C14H28N4O/c1-5-9-15-12(4)11-14-16-13(17-19-14)8-10-18(6-2)7-3/h12,15H,5-11H2,1-4H3. The van der Waals surface area contributed by atoms with Crippen LogP contribution in [0.15, 0.2) is 4.52 Å². The van der Waals surface area contributed by atoms with Crippen molar-refractivity contribution in [1.29, 1.82) is 0 Å². The molecule has 0 saturated carbocycles. The number of likely N-dealkylation sites (N-methyl/N-ethyl adjacent to an activating group) is 1. The summed E-state index contributed by atoms with van der Waals surface area (Å²) in [6.07, 6.45) is 2.81. The zero-order valence-corrected chi connectivity index (χ0v) is 12.8. The minimum Gasteiger partial charge on any atom is -0.339 e. The first-order chi connectivity index (χ1) is 9.19. The van der Waals surface area contributed by atoms with Crippen LogP contribution in [-0.2, 0) is 12.8 Å². The first-order valence-corrected chi connectivity index (χ1v) is 7.46. The van der Waals surface area contributed by atoms with Crippen LogP contribution < -0.4 is 5.32 Å². The van der Waals surface area contributed by atoms with Gasteiger partial charge in [0.2, 0.25) is 5.89 Å². The summed E-state index contributed by atoms with van der Waals surface area (Å²) < 4.78 is 5.30. The Hall–Kier alpha value is -0.940. The lowest BCUT2D eigenvalue weighted by atomic mass is 10.2. The summed E-state index contributed by atoms with van der Waals surface area (Å²) >= 11 is 0. The molecule has 0 bridgehead atoms. The summed E-state index contributed by atoms with van der Waals surface area (Å²) in [7, 11) is 0. The number of aromatic nitrogens is 2. The van der Waals surface area contributed by atoms with Crippen molar-refractivity contribution >= 4 is 0 Å². The largest absolute Gasteiger partial charge is 0.339 e. The Kier molecular flexibility index (Phi) is 7.67. The van der Waals surface area contributed by atoms with Crippen molar-refractivity contribution in [3.05, 3.63) is 11.7 Å². The maximum Gasteiger partial charge on any atom is 0.228 e. The molecular formula is C14H28N4O. The molecule has 1 aromatic rings. The van der Waals surface area contributed by atoms with E-state index in [0.29, 0.717) is 6.04 Å². The van der Waals surface area contributed by atoms with Crippen LogP contribution in [0.3, 0.4) is 0 Å². The fourth-order valence-electron chi connectivity index (χ4n) is 2.00. The molecule has 1 atom stereocenters. The highest BCUT2D eigenvalue weighted by atomic mass is 16.5. The quantitative estimate of drug-likeness (QED) is 0.702. The number of nitrogens with zero attached hydrogens (tertiary/aromatic N) is 3. The lowest BCUT2D eigenvalue weighted by molar-refractivity contribution is 0.302. The second-order valence-corrected chi connectivity index (χ2v) is 4.94. The molecule has 110 valence electrons. The normalized spacial score (nSPS) is 13.1. The molecule has 5 heteroatoms. The fraction of sp³-hybridized carbons (Fsp3) is 0.857. The molecule has 1 aromatic heterocycles. The van der Waals surface area contributed by atoms with Gasteiger partial charge in [-0.2, -0.15) is 4.98 Å². The molecule has 5 nitrogen and oxygen atoms in total. The molecule has 0 saturated heterocycles. The second-order valence-electron chi connectivity index (χ2n) is 4.94. The van der Waals surface area contributed by atoms with Crippen molar-refractivity contribution < 1.29 is 4.52 Å². The van der Waals surface area contributed by atoms with E-state index < -0.39 is 0 Å². The van der Waals surface area contributed by atoms with Crippen molar-refractivity contribution in [1.82, 2.24) is 20.4 Å². The van der Waals surface area contributed by atoms with Crippen molar-refractivity contribution in [2.75, 3.05) is 26.2 Å². The average Bonchev–Trinajstić information content (AvgIpc) is 2.85. The molecule has 0 aliphatic carbocycles. The van der Waals surface area contributed by atoms with Gasteiger partial charge in [-0.1, -0.05) is 25.9 Å². The van der Waals surface area contributed by atoms with Crippen molar-refractivity contribution in [3.8, 4) is 0 Å². The molecule has 0 spiro atoms. The molecule has 0 aromatic carbocycles. The van der Waals surface area contributed by atoms with Gasteiger partial charge in [0.25, 0.3) is 0 Å². The smallest absolute Gasteiger partial charge is 0.228 e. The average molecular weight is 268 g/mol. The molecule has 0 amide bonds. The third-order valence-electron chi connectivity index (χ3n) is 3.28. The molecule has 0 aliphatic rings. The molecule has 1 heterocycles. The molecule has 0 radical (unpaired) electrons. The molecule has 0 aliphatic heterocycles. The van der Waals surface area contributed by atoms with Gasteiger partial charge < -0.3 is 14.7 Å². The minimum atomic E-state index is 0.385. The van der Waals surface area contributed by atoms with Gasteiger partial charge in [-0.25, -0.2) is 0 Å². The third kappa shape index (κ3) is 6.16.